The molecule has 2 aliphatic rings. The van der Waals surface area contributed by atoms with Crippen molar-refractivity contribution in [1.82, 2.24) is 9.88 Å². The third-order valence-corrected chi connectivity index (χ3v) is 5.12. The highest BCUT2D eigenvalue weighted by Gasteiger charge is 2.40. The van der Waals surface area contributed by atoms with Crippen molar-refractivity contribution < 1.29 is 4.39 Å². The Hall–Kier alpha value is -1.35. The molecule has 106 valence electrons. The molecule has 0 bridgehead atoms. The van der Waals surface area contributed by atoms with Gasteiger partial charge in [0.05, 0.1) is 0 Å². The SMILES string of the molecule is CC1Cc2c([nH]c3ccccc23)CN1CC1(F)CCC1. The van der Waals surface area contributed by atoms with Crippen LogP contribution in [-0.2, 0) is 13.0 Å². The summed E-state index contributed by atoms with van der Waals surface area (Å²) in [6.07, 6.45) is 3.57. The zero-order chi connectivity index (χ0) is 13.7. The van der Waals surface area contributed by atoms with Gasteiger partial charge in [-0.15, -0.1) is 0 Å². The van der Waals surface area contributed by atoms with E-state index < -0.39 is 5.67 Å². The van der Waals surface area contributed by atoms with Gasteiger partial charge in [0.2, 0.25) is 0 Å². The minimum atomic E-state index is -0.919. The van der Waals surface area contributed by atoms with Crippen molar-refractivity contribution in [2.45, 2.75) is 50.9 Å². The normalized spacial score (nSPS) is 25.4. The first-order chi connectivity index (χ1) is 9.65. The predicted octanol–water partition coefficient (Wildman–Crippen LogP) is 3.81. The van der Waals surface area contributed by atoms with Crippen molar-refractivity contribution in [3.63, 3.8) is 0 Å². The Morgan fingerprint density at radius 2 is 2.15 bits per heavy atom. The molecule has 0 saturated heterocycles. The van der Waals surface area contributed by atoms with Crippen LogP contribution < -0.4 is 0 Å². The van der Waals surface area contributed by atoms with E-state index in [1.54, 1.807) is 0 Å². The zero-order valence-electron chi connectivity index (χ0n) is 12.0. The van der Waals surface area contributed by atoms with Crippen LogP contribution in [0.15, 0.2) is 24.3 Å². The summed E-state index contributed by atoms with van der Waals surface area (Å²) in [5, 5.41) is 1.34. The number of nitrogens with one attached hydrogen (secondary N) is 1. The van der Waals surface area contributed by atoms with E-state index >= 15 is 0 Å². The van der Waals surface area contributed by atoms with Crippen LogP contribution in [0.1, 0.15) is 37.4 Å². The van der Waals surface area contributed by atoms with Crippen LogP contribution in [0.2, 0.25) is 0 Å². The van der Waals surface area contributed by atoms with Gasteiger partial charge in [-0.1, -0.05) is 18.2 Å². The van der Waals surface area contributed by atoms with E-state index in [9.17, 15) is 4.39 Å². The summed E-state index contributed by atoms with van der Waals surface area (Å²) < 4.78 is 14.4. The van der Waals surface area contributed by atoms with E-state index in [4.69, 9.17) is 0 Å². The van der Waals surface area contributed by atoms with E-state index in [1.165, 1.54) is 22.2 Å². The summed E-state index contributed by atoms with van der Waals surface area (Å²) in [6.45, 7) is 3.69. The Kier molecular flexibility index (Phi) is 2.68. The minimum absolute atomic E-state index is 0.426. The number of hydrogen-bond donors (Lipinski definition) is 1. The standard InChI is InChI=1S/C17H21FN2/c1-12-9-14-13-5-2-3-6-15(13)19-16(14)10-20(12)11-17(18)7-4-8-17/h2-3,5-6,12,19H,4,7-11H2,1H3. The molecule has 1 N–H and O–H groups in total. The lowest BCUT2D eigenvalue weighted by molar-refractivity contribution is 0.00212. The van der Waals surface area contributed by atoms with Crippen LogP contribution in [0.4, 0.5) is 4.39 Å². The van der Waals surface area contributed by atoms with Gasteiger partial charge in [0.15, 0.2) is 0 Å². The zero-order valence-corrected chi connectivity index (χ0v) is 12.0. The van der Waals surface area contributed by atoms with E-state index in [1.807, 2.05) is 0 Å². The van der Waals surface area contributed by atoms with Crippen LogP contribution in [0.25, 0.3) is 10.9 Å². The third kappa shape index (κ3) is 1.87. The number of hydrogen-bond acceptors (Lipinski definition) is 1. The van der Waals surface area contributed by atoms with Gasteiger partial charge in [0.1, 0.15) is 5.67 Å². The highest BCUT2D eigenvalue weighted by atomic mass is 19.1. The van der Waals surface area contributed by atoms with Gasteiger partial charge < -0.3 is 4.98 Å². The second-order valence-electron chi connectivity index (χ2n) is 6.59. The van der Waals surface area contributed by atoms with Crippen molar-refractivity contribution in [1.29, 1.82) is 0 Å². The van der Waals surface area contributed by atoms with Crippen LogP contribution >= 0.6 is 0 Å². The lowest BCUT2D eigenvalue weighted by atomic mass is 9.81. The number of aromatic amines is 1. The largest absolute Gasteiger partial charge is 0.357 e. The smallest absolute Gasteiger partial charge is 0.123 e. The summed E-state index contributed by atoms with van der Waals surface area (Å²) in [5.41, 5.74) is 3.01. The van der Waals surface area contributed by atoms with Crippen molar-refractivity contribution >= 4 is 10.9 Å². The maximum absolute atomic E-state index is 14.4. The first kappa shape index (κ1) is 12.4. The van der Waals surface area contributed by atoms with Crippen LogP contribution in [0.3, 0.4) is 0 Å². The molecule has 2 heterocycles. The molecule has 20 heavy (non-hydrogen) atoms. The Morgan fingerprint density at radius 1 is 1.35 bits per heavy atom. The summed E-state index contributed by atoms with van der Waals surface area (Å²) in [7, 11) is 0. The summed E-state index contributed by atoms with van der Waals surface area (Å²) >= 11 is 0. The molecule has 3 heteroatoms. The molecule has 2 nitrogen and oxygen atoms in total. The Balaban J connectivity index is 1.64. The third-order valence-electron chi connectivity index (χ3n) is 5.12. The number of fused-ring (bicyclic) bond motifs is 3. The fraction of sp³-hybridized carbons (Fsp3) is 0.529. The number of rotatable bonds is 2. The highest BCUT2D eigenvalue weighted by molar-refractivity contribution is 5.84. The molecule has 1 aliphatic heterocycles. The van der Waals surface area contributed by atoms with Crippen molar-refractivity contribution in [2.75, 3.05) is 6.54 Å². The molecule has 1 unspecified atom stereocenters. The number of alkyl halides is 1. The molecule has 1 aliphatic carbocycles. The Morgan fingerprint density at radius 3 is 2.90 bits per heavy atom. The van der Waals surface area contributed by atoms with E-state index in [0.717, 1.165) is 32.2 Å². The molecule has 0 radical (unpaired) electrons. The van der Waals surface area contributed by atoms with Gasteiger partial charge in [0, 0.05) is 35.7 Å². The summed E-state index contributed by atoms with van der Waals surface area (Å²) in [5.74, 6) is 0. The van der Waals surface area contributed by atoms with Gasteiger partial charge in [-0.2, -0.15) is 0 Å². The molecule has 4 rings (SSSR count). The topological polar surface area (TPSA) is 19.0 Å². The maximum atomic E-state index is 14.4. The lowest BCUT2D eigenvalue weighted by Gasteiger charge is -2.42. The van der Waals surface area contributed by atoms with E-state index in [2.05, 4.69) is 41.1 Å². The van der Waals surface area contributed by atoms with Gasteiger partial charge in [-0.3, -0.25) is 4.90 Å². The van der Waals surface area contributed by atoms with Crippen molar-refractivity contribution in [3.05, 3.63) is 35.5 Å². The number of halogens is 1. The molecule has 0 spiro atoms. The summed E-state index contributed by atoms with van der Waals surface area (Å²) in [6, 6.07) is 8.91. The predicted molar refractivity (Wildman–Crippen MR) is 79.6 cm³/mol. The Bertz CT molecular complexity index is 641. The second-order valence-corrected chi connectivity index (χ2v) is 6.59. The average molecular weight is 272 g/mol. The number of benzene rings is 1. The number of para-hydroxylation sites is 1. The monoisotopic (exact) mass is 272 g/mol. The van der Waals surface area contributed by atoms with Crippen molar-refractivity contribution in [3.8, 4) is 0 Å². The molecule has 1 aromatic heterocycles. The first-order valence-electron chi connectivity index (χ1n) is 7.66. The molecular formula is C17H21FN2. The molecule has 1 fully saturated rings. The van der Waals surface area contributed by atoms with Crippen LogP contribution in [0, 0.1) is 0 Å². The van der Waals surface area contributed by atoms with E-state index in [0.29, 0.717) is 12.6 Å². The molecule has 1 saturated carbocycles. The second kappa shape index (κ2) is 4.32. The van der Waals surface area contributed by atoms with Gasteiger partial charge in [-0.05, 0) is 44.2 Å². The fourth-order valence-corrected chi connectivity index (χ4v) is 3.70. The van der Waals surface area contributed by atoms with Gasteiger partial charge >= 0.3 is 0 Å². The van der Waals surface area contributed by atoms with Crippen LogP contribution in [-0.4, -0.2) is 28.1 Å². The number of aromatic nitrogens is 1. The first-order valence-corrected chi connectivity index (χ1v) is 7.66. The van der Waals surface area contributed by atoms with E-state index in [-0.39, 0.29) is 0 Å². The minimum Gasteiger partial charge on any atom is -0.357 e. The molecular weight excluding hydrogens is 251 g/mol. The molecule has 1 aromatic carbocycles. The highest BCUT2D eigenvalue weighted by Crippen LogP contribution is 2.39. The molecule has 2 aromatic rings. The van der Waals surface area contributed by atoms with Gasteiger partial charge in [-0.25, -0.2) is 4.39 Å². The number of H-pyrrole nitrogens is 1. The fourth-order valence-electron chi connectivity index (χ4n) is 3.70. The van der Waals surface area contributed by atoms with Gasteiger partial charge in [0.25, 0.3) is 0 Å². The lowest BCUT2D eigenvalue weighted by Crippen LogP contribution is -2.49. The molecule has 0 amide bonds. The molecule has 1 atom stereocenters. The summed E-state index contributed by atoms with van der Waals surface area (Å²) in [4.78, 5) is 5.84. The van der Waals surface area contributed by atoms with Crippen molar-refractivity contribution in [2.24, 2.45) is 0 Å². The maximum Gasteiger partial charge on any atom is 0.123 e. The Labute approximate surface area is 119 Å². The van der Waals surface area contributed by atoms with Crippen LogP contribution in [0.5, 0.6) is 0 Å². The average Bonchev–Trinajstić information content (AvgIpc) is 2.75. The number of nitrogens with zero attached hydrogens (tertiary/aromatic N) is 1. The quantitative estimate of drug-likeness (QED) is 0.881.